The van der Waals surface area contributed by atoms with E-state index in [0.717, 1.165) is 57.4 Å². The molecule has 0 bridgehead atoms. The Balaban J connectivity index is 1.19. The van der Waals surface area contributed by atoms with Gasteiger partial charge in [0, 0.05) is 55.6 Å². The molecule has 4 aliphatic rings. The Morgan fingerprint density at radius 1 is 1.23 bits per heavy atom. The largest absolute Gasteiger partial charge is 0.334 e. The van der Waals surface area contributed by atoms with E-state index < -0.39 is 16.1 Å². The normalized spacial score (nSPS) is 30.0. The predicted molar refractivity (Wildman–Crippen MR) is 137 cm³/mol. The molecule has 0 radical (unpaired) electrons. The molecule has 2 amide bonds. The van der Waals surface area contributed by atoms with Gasteiger partial charge in [-0.1, -0.05) is 11.6 Å². The molecule has 1 aromatic rings. The molecule has 12 heteroatoms. The lowest BCUT2D eigenvalue weighted by atomic mass is 10.1. The lowest BCUT2D eigenvalue weighted by molar-refractivity contribution is -0.144. The van der Waals surface area contributed by atoms with Crippen LogP contribution in [-0.4, -0.2) is 98.4 Å². The van der Waals surface area contributed by atoms with Gasteiger partial charge in [-0.25, -0.2) is 8.42 Å². The molecular formula is C23H32ClN5O4S2. The monoisotopic (exact) mass is 541 g/mol. The molecule has 35 heavy (non-hydrogen) atoms. The van der Waals surface area contributed by atoms with Crippen LogP contribution in [0.15, 0.2) is 17.5 Å². The number of nitrogens with zero attached hydrogens (tertiary/aromatic N) is 3. The molecule has 5 rings (SSSR count). The highest BCUT2D eigenvalue weighted by molar-refractivity contribution is 7.92. The third kappa shape index (κ3) is 5.45. The summed E-state index contributed by atoms with van der Waals surface area (Å²) >= 11 is 7.16. The predicted octanol–water partition coefficient (Wildman–Crippen LogP) is 1.32. The standard InChI is InChI=1S/C23H32ClN5O4S2/c24-20-5-4-17(34-20)6-14-35(32,33)26-18-3-1-10-28(22(18)31)16-21(30)29-11-2-7-23(29)15-19(23)27-12-8-25-9-13-27/h4-6,14,18-19,25-26H,1-3,7-13,15-16H2/b14-6+/t18-,19-,23-/m0/s1. The number of piperidine rings is 1. The van der Waals surface area contributed by atoms with E-state index in [0.29, 0.717) is 34.6 Å². The van der Waals surface area contributed by atoms with Crippen LogP contribution < -0.4 is 10.0 Å². The maximum Gasteiger partial charge on any atom is 0.242 e. The zero-order valence-corrected chi connectivity index (χ0v) is 22.0. The smallest absolute Gasteiger partial charge is 0.242 e. The van der Waals surface area contributed by atoms with Crippen molar-refractivity contribution in [1.82, 2.24) is 24.7 Å². The van der Waals surface area contributed by atoms with Crippen molar-refractivity contribution < 1.29 is 18.0 Å². The van der Waals surface area contributed by atoms with Gasteiger partial charge in [-0.15, -0.1) is 11.3 Å². The Kier molecular flexibility index (Phi) is 7.26. The molecule has 3 aliphatic heterocycles. The van der Waals surface area contributed by atoms with Crippen molar-refractivity contribution >= 4 is 50.9 Å². The summed E-state index contributed by atoms with van der Waals surface area (Å²) in [5.41, 5.74) is -0.0796. The van der Waals surface area contributed by atoms with Gasteiger partial charge in [-0.2, -0.15) is 4.72 Å². The second kappa shape index (κ2) is 10.1. The number of hydrogen-bond acceptors (Lipinski definition) is 7. The Bertz CT molecular complexity index is 1100. The van der Waals surface area contributed by atoms with Crippen LogP contribution in [0.3, 0.4) is 0 Å². The number of nitrogens with one attached hydrogen (secondary N) is 2. The van der Waals surface area contributed by atoms with Gasteiger partial charge in [0.05, 0.1) is 16.4 Å². The fraction of sp³-hybridized carbons (Fsp3) is 0.652. The van der Waals surface area contributed by atoms with Crippen molar-refractivity contribution in [2.24, 2.45) is 0 Å². The highest BCUT2D eigenvalue weighted by Crippen LogP contribution is 2.52. The van der Waals surface area contributed by atoms with Gasteiger partial charge < -0.3 is 15.1 Å². The van der Waals surface area contributed by atoms with Crippen molar-refractivity contribution in [2.45, 2.75) is 49.7 Å². The SMILES string of the molecule is O=C1[C@@H](NS(=O)(=O)/C=C/c2ccc(Cl)s2)CCCN1CC(=O)N1CCC[C@@]12C[C@@H]2N1CCNCC1. The highest BCUT2D eigenvalue weighted by atomic mass is 35.5. The molecule has 3 atom stereocenters. The number of hydrogen-bond donors (Lipinski definition) is 2. The van der Waals surface area contributed by atoms with Gasteiger partial charge in [0.1, 0.15) is 6.04 Å². The molecule has 192 valence electrons. The van der Waals surface area contributed by atoms with E-state index in [2.05, 4.69) is 14.9 Å². The van der Waals surface area contributed by atoms with E-state index in [9.17, 15) is 18.0 Å². The topological polar surface area (TPSA) is 102 Å². The summed E-state index contributed by atoms with van der Waals surface area (Å²) in [6.07, 6.45) is 5.55. The summed E-state index contributed by atoms with van der Waals surface area (Å²) in [7, 11) is -3.82. The van der Waals surface area contributed by atoms with E-state index in [4.69, 9.17) is 11.6 Å². The van der Waals surface area contributed by atoms with Crippen molar-refractivity contribution in [3.8, 4) is 0 Å². The van der Waals surface area contributed by atoms with Gasteiger partial charge in [0.2, 0.25) is 21.8 Å². The summed E-state index contributed by atoms with van der Waals surface area (Å²) in [6, 6.07) is 2.98. The maximum absolute atomic E-state index is 13.3. The van der Waals surface area contributed by atoms with Crippen LogP contribution in [0.4, 0.5) is 0 Å². The first-order chi connectivity index (χ1) is 16.8. The van der Waals surface area contributed by atoms with Gasteiger partial charge in [0.15, 0.2) is 0 Å². The molecule has 9 nitrogen and oxygen atoms in total. The number of amides is 2. The van der Waals surface area contributed by atoms with Crippen LogP contribution in [0, 0.1) is 0 Å². The minimum atomic E-state index is -3.82. The summed E-state index contributed by atoms with van der Waals surface area (Å²) in [6.45, 7) is 5.19. The first kappa shape index (κ1) is 25.2. The van der Waals surface area contributed by atoms with Crippen LogP contribution in [0.1, 0.15) is 37.0 Å². The lowest BCUT2D eigenvalue weighted by Crippen LogP contribution is -2.55. The Hall–Kier alpha value is -1.50. The molecule has 1 spiro atoms. The fourth-order valence-electron chi connectivity index (χ4n) is 5.84. The number of carbonyl (C=O) groups excluding carboxylic acids is 2. The van der Waals surface area contributed by atoms with Crippen LogP contribution in [0.2, 0.25) is 4.34 Å². The molecule has 0 unspecified atom stereocenters. The van der Waals surface area contributed by atoms with Crippen molar-refractivity contribution in [3.63, 3.8) is 0 Å². The molecule has 1 saturated carbocycles. The molecule has 1 aliphatic carbocycles. The average Bonchev–Trinajstić information content (AvgIpc) is 3.15. The summed E-state index contributed by atoms with van der Waals surface area (Å²) < 4.78 is 28.2. The van der Waals surface area contributed by atoms with Crippen LogP contribution >= 0.6 is 22.9 Å². The highest BCUT2D eigenvalue weighted by Gasteiger charge is 2.63. The molecule has 0 aromatic carbocycles. The number of likely N-dealkylation sites (tertiary alicyclic amines) is 2. The molecule has 4 heterocycles. The number of rotatable bonds is 7. The van der Waals surface area contributed by atoms with Crippen LogP contribution in [0.5, 0.6) is 0 Å². The molecule has 4 fully saturated rings. The zero-order valence-electron chi connectivity index (χ0n) is 19.6. The van der Waals surface area contributed by atoms with E-state index in [1.807, 2.05) is 4.90 Å². The third-order valence-electron chi connectivity index (χ3n) is 7.60. The minimum absolute atomic E-state index is 0.0105. The second-order valence-electron chi connectivity index (χ2n) is 9.82. The van der Waals surface area contributed by atoms with Crippen molar-refractivity contribution in [1.29, 1.82) is 0 Å². The fourth-order valence-corrected chi connectivity index (χ4v) is 7.91. The average molecular weight is 542 g/mol. The summed E-state index contributed by atoms with van der Waals surface area (Å²) in [5.74, 6) is -0.352. The number of carbonyl (C=O) groups is 2. The quantitative estimate of drug-likeness (QED) is 0.540. The lowest BCUT2D eigenvalue weighted by Gasteiger charge is -2.35. The Morgan fingerprint density at radius 3 is 2.77 bits per heavy atom. The zero-order chi connectivity index (χ0) is 24.6. The maximum atomic E-state index is 13.3. The summed E-state index contributed by atoms with van der Waals surface area (Å²) in [5, 5.41) is 4.44. The Morgan fingerprint density at radius 2 is 2.03 bits per heavy atom. The van der Waals surface area contributed by atoms with Crippen LogP contribution in [0.25, 0.3) is 6.08 Å². The van der Waals surface area contributed by atoms with Gasteiger partial charge in [0.25, 0.3) is 0 Å². The van der Waals surface area contributed by atoms with Crippen molar-refractivity contribution in [2.75, 3.05) is 45.8 Å². The summed E-state index contributed by atoms with van der Waals surface area (Å²) in [4.78, 5) is 33.2. The molecule has 1 aromatic heterocycles. The first-order valence-corrected chi connectivity index (χ1v) is 15.0. The second-order valence-corrected chi connectivity index (χ2v) is 13.2. The minimum Gasteiger partial charge on any atom is -0.334 e. The number of halogens is 1. The number of thiophene rings is 1. The Labute approximate surface area is 215 Å². The van der Waals surface area contributed by atoms with E-state index in [1.54, 1.807) is 12.1 Å². The van der Waals surface area contributed by atoms with E-state index in [1.165, 1.54) is 22.3 Å². The van der Waals surface area contributed by atoms with Gasteiger partial charge in [-0.05, 0) is 50.3 Å². The molecule has 3 saturated heterocycles. The van der Waals surface area contributed by atoms with E-state index in [-0.39, 0.29) is 23.9 Å². The number of sulfonamides is 1. The van der Waals surface area contributed by atoms with E-state index >= 15 is 0 Å². The first-order valence-electron chi connectivity index (χ1n) is 12.3. The van der Waals surface area contributed by atoms with Gasteiger partial charge >= 0.3 is 0 Å². The van der Waals surface area contributed by atoms with Gasteiger partial charge in [-0.3, -0.25) is 14.5 Å². The number of piperazine rings is 1. The van der Waals surface area contributed by atoms with Crippen LogP contribution in [-0.2, 0) is 19.6 Å². The third-order valence-corrected chi connectivity index (χ3v) is 9.90. The molecular weight excluding hydrogens is 510 g/mol. The molecule has 2 N–H and O–H groups in total. The van der Waals surface area contributed by atoms with Crippen molar-refractivity contribution in [3.05, 3.63) is 26.8 Å².